The van der Waals surface area contributed by atoms with E-state index in [0.717, 1.165) is 13.0 Å². The molecule has 11 heavy (non-hydrogen) atoms. The molecule has 0 radical (unpaired) electrons. The second-order valence-corrected chi connectivity index (χ2v) is 3.41. The summed E-state index contributed by atoms with van der Waals surface area (Å²) >= 11 is 0. The minimum atomic E-state index is 0.544. The normalized spacial score (nSPS) is 13.5. The summed E-state index contributed by atoms with van der Waals surface area (Å²) in [5.74, 6) is 0. The Morgan fingerprint density at radius 3 is 2.36 bits per heavy atom. The first kappa shape index (κ1) is 10.7. The Morgan fingerprint density at radius 1 is 1.55 bits per heavy atom. The molecule has 66 valence electrons. The monoisotopic (exact) mass is 156 g/mol. The maximum atomic E-state index is 3.89. The molecule has 0 bridgehead atoms. The van der Waals surface area contributed by atoms with Crippen LogP contribution in [0.3, 0.4) is 0 Å². The molecule has 0 amide bonds. The fourth-order valence-electron chi connectivity index (χ4n) is 1.12. The Kier molecular flexibility index (Phi) is 5.16. The highest BCUT2D eigenvalue weighted by molar-refractivity contribution is 4.93. The highest BCUT2D eigenvalue weighted by atomic mass is 15.1. The summed E-state index contributed by atoms with van der Waals surface area (Å²) in [6, 6.07) is 0.544. The smallest absolute Gasteiger partial charge is 0.0228 e. The van der Waals surface area contributed by atoms with Crippen molar-refractivity contribution in [2.75, 3.05) is 27.7 Å². The van der Waals surface area contributed by atoms with Gasteiger partial charge in [0.2, 0.25) is 0 Å². The molecule has 1 N–H and O–H groups in total. The van der Waals surface area contributed by atoms with E-state index in [0.29, 0.717) is 6.04 Å². The van der Waals surface area contributed by atoms with Gasteiger partial charge >= 0.3 is 0 Å². The average Bonchev–Trinajstić information content (AvgIpc) is 1.84. The Balaban J connectivity index is 3.66. The lowest BCUT2D eigenvalue weighted by Gasteiger charge is -2.20. The van der Waals surface area contributed by atoms with E-state index in [1.807, 2.05) is 7.05 Å². The number of nitrogens with zero attached hydrogens (tertiary/aromatic N) is 1. The van der Waals surface area contributed by atoms with Crippen molar-refractivity contribution in [3.63, 3.8) is 0 Å². The van der Waals surface area contributed by atoms with Crippen LogP contribution < -0.4 is 5.32 Å². The lowest BCUT2D eigenvalue weighted by Crippen LogP contribution is -2.36. The van der Waals surface area contributed by atoms with Gasteiger partial charge in [0.1, 0.15) is 0 Å². The molecule has 1 atom stereocenters. The molecule has 0 spiro atoms. The minimum Gasteiger partial charge on any atom is -0.315 e. The van der Waals surface area contributed by atoms with E-state index in [1.165, 1.54) is 5.57 Å². The fourth-order valence-corrected chi connectivity index (χ4v) is 1.12. The predicted molar refractivity (Wildman–Crippen MR) is 50.8 cm³/mol. The molecule has 0 aromatic heterocycles. The Bertz CT molecular complexity index is 119. The van der Waals surface area contributed by atoms with Gasteiger partial charge in [-0.2, -0.15) is 0 Å². The van der Waals surface area contributed by atoms with Crippen molar-refractivity contribution in [1.29, 1.82) is 0 Å². The molecule has 0 aliphatic heterocycles. The number of hydrogen-bond acceptors (Lipinski definition) is 2. The molecule has 0 aromatic carbocycles. The quantitative estimate of drug-likeness (QED) is 0.600. The van der Waals surface area contributed by atoms with Crippen LogP contribution >= 0.6 is 0 Å². The van der Waals surface area contributed by atoms with Gasteiger partial charge in [0.25, 0.3) is 0 Å². The minimum absolute atomic E-state index is 0.544. The summed E-state index contributed by atoms with van der Waals surface area (Å²) < 4.78 is 0. The molecule has 0 saturated carbocycles. The summed E-state index contributed by atoms with van der Waals surface area (Å²) in [5.41, 5.74) is 1.24. The van der Waals surface area contributed by atoms with Gasteiger partial charge in [-0.15, -0.1) is 6.58 Å². The highest BCUT2D eigenvalue weighted by Crippen LogP contribution is 2.01. The van der Waals surface area contributed by atoms with Gasteiger partial charge < -0.3 is 10.2 Å². The molecule has 0 aliphatic carbocycles. The molecule has 0 aliphatic rings. The molecule has 2 nitrogen and oxygen atoms in total. The SMILES string of the molecule is C=C(C)CC(CN(C)C)NC. The molecule has 1 unspecified atom stereocenters. The molecule has 0 heterocycles. The van der Waals surface area contributed by atoms with Crippen LogP contribution in [-0.4, -0.2) is 38.6 Å². The number of likely N-dealkylation sites (N-methyl/N-ethyl adjacent to an activating group) is 2. The molecule has 0 rings (SSSR count). The topological polar surface area (TPSA) is 15.3 Å². The number of nitrogens with one attached hydrogen (secondary N) is 1. The first-order chi connectivity index (χ1) is 5.06. The zero-order valence-corrected chi connectivity index (χ0v) is 8.15. The second-order valence-electron chi connectivity index (χ2n) is 3.41. The van der Waals surface area contributed by atoms with Crippen molar-refractivity contribution in [2.24, 2.45) is 0 Å². The predicted octanol–water partition coefficient (Wildman–Crippen LogP) is 1.10. The highest BCUT2D eigenvalue weighted by Gasteiger charge is 2.06. The van der Waals surface area contributed by atoms with Crippen LogP contribution in [0.2, 0.25) is 0 Å². The van der Waals surface area contributed by atoms with Crippen molar-refractivity contribution in [3.8, 4) is 0 Å². The Hall–Kier alpha value is -0.340. The van der Waals surface area contributed by atoms with Gasteiger partial charge in [0, 0.05) is 12.6 Å². The van der Waals surface area contributed by atoms with Crippen molar-refractivity contribution >= 4 is 0 Å². The summed E-state index contributed by atoms with van der Waals surface area (Å²) in [5, 5.41) is 3.26. The summed E-state index contributed by atoms with van der Waals surface area (Å²) in [4.78, 5) is 2.18. The van der Waals surface area contributed by atoms with E-state index >= 15 is 0 Å². The van der Waals surface area contributed by atoms with E-state index < -0.39 is 0 Å². The first-order valence-corrected chi connectivity index (χ1v) is 4.02. The first-order valence-electron chi connectivity index (χ1n) is 4.02. The Morgan fingerprint density at radius 2 is 2.09 bits per heavy atom. The maximum Gasteiger partial charge on any atom is 0.0228 e. The third-order valence-electron chi connectivity index (χ3n) is 1.59. The molecule has 0 fully saturated rings. The lowest BCUT2D eigenvalue weighted by atomic mass is 10.1. The molecular weight excluding hydrogens is 136 g/mol. The van der Waals surface area contributed by atoms with Gasteiger partial charge in [-0.05, 0) is 34.5 Å². The summed E-state index contributed by atoms with van der Waals surface area (Å²) in [7, 11) is 6.17. The van der Waals surface area contributed by atoms with Crippen LogP contribution in [0.15, 0.2) is 12.2 Å². The second kappa shape index (κ2) is 5.33. The van der Waals surface area contributed by atoms with Crippen LogP contribution in [-0.2, 0) is 0 Å². The Labute approximate surface area is 70.3 Å². The van der Waals surface area contributed by atoms with Crippen molar-refractivity contribution in [1.82, 2.24) is 10.2 Å². The van der Waals surface area contributed by atoms with Crippen molar-refractivity contribution < 1.29 is 0 Å². The van der Waals surface area contributed by atoms with Gasteiger partial charge in [-0.3, -0.25) is 0 Å². The van der Waals surface area contributed by atoms with Crippen molar-refractivity contribution in [2.45, 2.75) is 19.4 Å². The van der Waals surface area contributed by atoms with Gasteiger partial charge in [-0.1, -0.05) is 5.57 Å². The molecular formula is C9H20N2. The zero-order valence-electron chi connectivity index (χ0n) is 8.15. The van der Waals surface area contributed by atoms with Crippen LogP contribution in [0.4, 0.5) is 0 Å². The van der Waals surface area contributed by atoms with E-state index in [4.69, 9.17) is 0 Å². The third-order valence-corrected chi connectivity index (χ3v) is 1.59. The fraction of sp³-hybridized carbons (Fsp3) is 0.778. The van der Waals surface area contributed by atoms with Crippen LogP contribution in [0.1, 0.15) is 13.3 Å². The van der Waals surface area contributed by atoms with Crippen LogP contribution in [0.5, 0.6) is 0 Å². The molecule has 2 heteroatoms. The lowest BCUT2D eigenvalue weighted by molar-refractivity contribution is 0.346. The van der Waals surface area contributed by atoms with E-state index in [9.17, 15) is 0 Å². The van der Waals surface area contributed by atoms with E-state index in [2.05, 4.69) is 37.8 Å². The maximum absolute atomic E-state index is 3.89. The summed E-state index contributed by atoms with van der Waals surface area (Å²) in [6.45, 7) is 7.03. The summed E-state index contributed by atoms with van der Waals surface area (Å²) in [6.07, 6.45) is 1.06. The largest absolute Gasteiger partial charge is 0.315 e. The van der Waals surface area contributed by atoms with Gasteiger partial charge in [0.15, 0.2) is 0 Å². The average molecular weight is 156 g/mol. The zero-order chi connectivity index (χ0) is 8.85. The van der Waals surface area contributed by atoms with Crippen molar-refractivity contribution in [3.05, 3.63) is 12.2 Å². The number of hydrogen-bond donors (Lipinski definition) is 1. The van der Waals surface area contributed by atoms with Gasteiger partial charge in [0.05, 0.1) is 0 Å². The third kappa shape index (κ3) is 6.07. The van der Waals surface area contributed by atoms with Gasteiger partial charge in [-0.25, -0.2) is 0 Å². The van der Waals surface area contributed by atoms with E-state index in [1.54, 1.807) is 0 Å². The standard InChI is InChI=1S/C9H20N2/c1-8(2)6-9(10-3)7-11(4)5/h9-10H,1,6-7H2,2-5H3. The molecule has 0 saturated heterocycles. The van der Waals surface area contributed by atoms with E-state index in [-0.39, 0.29) is 0 Å². The molecule has 0 aromatic rings. The van der Waals surface area contributed by atoms with Crippen LogP contribution in [0.25, 0.3) is 0 Å². The number of rotatable bonds is 5. The van der Waals surface area contributed by atoms with Crippen LogP contribution in [0, 0.1) is 0 Å².